The molecule has 0 bridgehead atoms. The molecule has 0 radical (unpaired) electrons. The lowest BCUT2D eigenvalue weighted by Gasteiger charge is -2.40. The third kappa shape index (κ3) is 4.24. The Labute approximate surface area is 129 Å². The average molecular weight is 307 g/mol. The molecule has 2 N–H and O–H groups in total. The number of amides is 1. The van der Waals surface area contributed by atoms with Gasteiger partial charge in [-0.25, -0.2) is 4.79 Å². The Balaban J connectivity index is 1.74. The van der Waals surface area contributed by atoms with Crippen LogP contribution >= 0.6 is 11.8 Å². The van der Waals surface area contributed by atoms with Crippen molar-refractivity contribution in [3.8, 4) is 0 Å². The van der Waals surface area contributed by atoms with E-state index in [4.69, 9.17) is 5.11 Å². The quantitative estimate of drug-likeness (QED) is 0.813. The fraction of sp³-hybridized carbons (Fsp3) is 0.500. The zero-order valence-corrected chi connectivity index (χ0v) is 13.0. The van der Waals surface area contributed by atoms with Crippen molar-refractivity contribution in [2.24, 2.45) is 0 Å². The number of hydrogen-bond acceptors (Lipinski definition) is 3. The SMILES string of the molecule is CSC1(CNC(=O)CCc2ccc(C(=O)O)cc2)CCC1. The number of carboxylic acids is 1. The summed E-state index contributed by atoms with van der Waals surface area (Å²) in [5.41, 5.74) is 1.26. The predicted molar refractivity (Wildman–Crippen MR) is 84.8 cm³/mol. The third-order valence-corrected chi connectivity index (χ3v) is 5.57. The van der Waals surface area contributed by atoms with Crippen molar-refractivity contribution in [3.63, 3.8) is 0 Å². The Hall–Kier alpha value is -1.49. The van der Waals surface area contributed by atoms with Crippen molar-refractivity contribution in [2.45, 2.75) is 36.9 Å². The molecular weight excluding hydrogens is 286 g/mol. The average Bonchev–Trinajstić information content (AvgIpc) is 2.45. The molecule has 4 nitrogen and oxygen atoms in total. The van der Waals surface area contributed by atoms with Crippen molar-refractivity contribution >= 4 is 23.6 Å². The van der Waals surface area contributed by atoms with Crippen LogP contribution < -0.4 is 5.32 Å². The zero-order chi connectivity index (χ0) is 15.3. The van der Waals surface area contributed by atoms with E-state index in [-0.39, 0.29) is 16.2 Å². The molecule has 0 aliphatic heterocycles. The van der Waals surface area contributed by atoms with Crippen LogP contribution in [0.1, 0.15) is 41.6 Å². The minimum atomic E-state index is -0.929. The molecule has 1 aromatic rings. The zero-order valence-electron chi connectivity index (χ0n) is 12.2. The van der Waals surface area contributed by atoms with Gasteiger partial charge in [-0.2, -0.15) is 11.8 Å². The molecular formula is C16H21NO3S. The van der Waals surface area contributed by atoms with Crippen LogP contribution in [0.2, 0.25) is 0 Å². The minimum absolute atomic E-state index is 0.0673. The van der Waals surface area contributed by atoms with Gasteiger partial charge in [-0.1, -0.05) is 18.6 Å². The molecule has 1 aliphatic rings. The van der Waals surface area contributed by atoms with Crippen LogP contribution in [0.5, 0.6) is 0 Å². The van der Waals surface area contributed by atoms with E-state index >= 15 is 0 Å². The number of aryl methyl sites for hydroxylation is 1. The van der Waals surface area contributed by atoms with Crippen LogP contribution in [-0.4, -0.2) is 34.5 Å². The number of rotatable bonds is 7. The van der Waals surface area contributed by atoms with E-state index in [1.54, 1.807) is 24.3 Å². The maximum Gasteiger partial charge on any atom is 0.335 e. The topological polar surface area (TPSA) is 66.4 Å². The van der Waals surface area contributed by atoms with Gasteiger partial charge in [-0.15, -0.1) is 0 Å². The number of carboxylic acid groups (broad SMARTS) is 1. The minimum Gasteiger partial charge on any atom is -0.478 e. The normalized spacial score (nSPS) is 16.0. The molecule has 1 fully saturated rings. The Kier molecular flexibility index (Phi) is 5.28. The summed E-state index contributed by atoms with van der Waals surface area (Å²) >= 11 is 1.85. The number of nitrogens with one attached hydrogen (secondary N) is 1. The number of carbonyl (C=O) groups is 2. The largest absolute Gasteiger partial charge is 0.478 e. The van der Waals surface area contributed by atoms with Crippen molar-refractivity contribution in [2.75, 3.05) is 12.8 Å². The van der Waals surface area contributed by atoms with Gasteiger partial charge in [0.2, 0.25) is 5.91 Å². The van der Waals surface area contributed by atoms with Crippen molar-refractivity contribution in [3.05, 3.63) is 35.4 Å². The molecule has 0 aromatic heterocycles. The second-order valence-corrected chi connectivity index (χ2v) is 6.79. The molecule has 21 heavy (non-hydrogen) atoms. The first-order chi connectivity index (χ1) is 10.0. The van der Waals surface area contributed by atoms with Gasteiger partial charge in [0.1, 0.15) is 0 Å². The van der Waals surface area contributed by atoms with Crippen molar-refractivity contribution in [1.29, 1.82) is 0 Å². The molecule has 114 valence electrons. The molecule has 0 saturated heterocycles. The first-order valence-corrected chi connectivity index (χ1v) is 8.41. The van der Waals surface area contributed by atoms with E-state index < -0.39 is 5.97 Å². The van der Waals surface area contributed by atoms with Gasteiger partial charge in [0.15, 0.2) is 0 Å². The van der Waals surface area contributed by atoms with E-state index in [0.717, 1.165) is 12.1 Å². The molecule has 0 spiro atoms. The molecule has 2 rings (SSSR count). The van der Waals surface area contributed by atoms with Gasteiger partial charge >= 0.3 is 5.97 Å². The van der Waals surface area contributed by atoms with Crippen LogP contribution in [0, 0.1) is 0 Å². The highest BCUT2D eigenvalue weighted by molar-refractivity contribution is 8.00. The maximum absolute atomic E-state index is 11.9. The first kappa shape index (κ1) is 15.9. The lowest BCUT2D eigenvalue weighted by Crippen LogP contribution is -2.45. The van der Waals surface area contributed by atoms with E-state index in [9.17, 15) is 9.59 Å². The van der Waals surface area contributed by atoms with E-state index in [1.807, 2.05) is 11.8 Å². The highest BCUT2D eigenvalue weighted by Gasteiger charge is 2.36. The first-order valence-electron chi connectivity index (χ1n) is 7.19. The summed E-state index contributed by atoms with van der Waals surface area (Å²) in [5, 5.41) is 11.8. The summed E-state index contributed by atoms with van der Waals surface area (Å²) in [6, 6.07) is 6.69. The summed E-state index contributed by atoms with van der Waals surface area (Å²) in [6.45, 7) is 0.755. The fourth-order valence-corrected chi connectivity index (χ4v) is 3.36. The molecule has 1 amide bonds. The molecule has 1 saturated carbocycles. The van der Waals surface area contributed by atoms with E-state index in [2.05, 4.69) is 11.6 Å². The second kappa shape index (κ2) is 6.98. The van der Waals surface area contributed by atoms with Gasteiger partial charge in [-0.05, 0) is 43.2 Å². The van der Waals surface area contributed by atoms with Crippen molar-refractivity contribution in [1.82, 2.24) is 5.32 Å². The molecule has 5 heteroatoms. The molecule has 0 unspecified atom stereocenters. The molecule has 1 aliphatic carbocycles. The lowest BCUT2D eigenvalue weighted by molar-refractivity contribution is -0.121. The van der Waals surface area contributed by atoms with Gasteiger partial charge in [-0.3, -0.25) is 4.79 Å². The lowest BCUT2D eigenvalue weighted by atomic mass is 9.84. The standard InChI is InChI=1S/C16H21NO3S/c1-21-16(9-2-10-16)11-17-14(18)8-5-12-3-6-13(7-4-12)15(19)20/h3-4,6-7H,2,5,8-11H2,1H3,(H,17,18)(H,19,20). The third-order valence-electron chi connectivity index (χ3n) is 4.15. The second-order valence-electron chi connectivity index (χ2n) is 5.52. The monoisotopic (exact) mass is 307 g/mol. The highest BCUT2D eigenvalue weighted by Crippen LogP contribution is 2.42. The van der Waals surface area contributed by atoms with Gasteiger partial charge in [0.05, 0.1) is 5.56 Å². The van der Waals surface area contributed by atoms with Gasteiger partial charge in [0.25, 0.3) is 0 Å². The Morgan fingerprint density at radius 2 is 1.95 bits per heavy atom. The van der Waals surface area contributed by atoms with E-state index in [0.29, 0.717) is 12.8 Å². The van der Waals surface area contributed by atoms with Crippen molar-refractivity contribution < 1.29 is 14.7 Å². The van der Waals surface area contributed by atoms with E-state index in [1.165, 1.54) is 19.3 Å². The fourth-order valence-electron chi connectivity index (χ4n) is 2.44. The number of benzene rings is 1. The predicted octanol–water partition coefficient (Wildman–Crippen LogP) is 2.72. The van der Waals surface area contributed by atoms with Gasteiger partial charge < -0.3 is 10.4 Å². The number of thioether (sulfide) groups is 1. The molecule has 0 heterocycles. The number of hydrogen-bond donors (Lipinski definition) is 2. The summed E-state index contributed by atoms with van der Waals surface area (Å²) in [6.07, 6.45) is 6.81. The summed E-state index contributed by atoms with van der Waals surface area (Å²) < 4.78 is 0.263. The smallest absolute Gasteiger partial charge is 0.335 e. The summed E-state index contributed by atoms with van der Waals surface area (Å²) in [5.74, 6) is -0.861. The Morgan fingerprint density at radius 3 is 2.43 bits per heavy atom. The highest BCUT2D eigenvalue weighted by atomic mass is 32.2. The van der Waals surface area contributed by atoms with Crippen LogP contribution in [0.3, 0.4) is 0 Å². The summed E-state index contributed by atoms with van der Waals surface area (Å²) in [4.78, 5) is 22.6. The van der Waals surface area contributed by atoms with Crippen LogP contribution in [0.4, 0.5) is 0 Å². The molecule has 0 atom stereocenters. The molecule has 1 aromatic carbocycles. The number of carbonyl (C=O) groups excluding carboxylic acids is 1. The summed E-state index contributed by atoms with van der Waals surface area (Å²) in [7, 11) is 0. The van der Waals surface area contributed by atoms with Crippen LogP contribution in [-0.2, 0) is 11.2 Å². The van der Waals surface area contributed by atoms with Gasteiger partial charge in [0, 0.05) is 17.7 Å². The van der Waals surface area contributed by atoms with Crippen LogP contribution in [0.15, 0.2) is 24.3 Å². The Bertz CT molecular complexity index is 503. The Morgan fingerprint density at radius 1 is 1.29 bits per heavy atom. The number of aromatic carboxylic acids is 1. The maximum atomic E-state index is 11.9. The van der Waals surface area contributed by atoms with Crippen LogP contribution in [0.25, 0.3) is 0 Å².